The van der Waals surface area contributed by atoms with E-state index in [0.717, 1.165) is 6.42 Å². The minimum atomic E-state index is -0.803. The van der Waals surface area contributed by atoms with E-state index in [1.54, 1.807) is 16.3 Å². The first kappa shape index (κ1) is 11.1. The summed E-state index contributed by atoms with van der Waals surface area (Å²) in [4.78, 5) is 24.5. The number of carbonyl (C=O) groups is 2. The standard InChI is InChI=1S/C11H13NO3S/c13-10(9-3-5-16-7-9)12-4-1-2-8(6-12)11(14)15/h3,5,7-8H,1-2,4,6H2,(H,14,15)/t8-/m0/s1. The van der Waals surface area contributed by atoms with Crippen LogP contribution >= 0.6 is 11.3 Å². The molecule has 0 spiro atoms. The van der Waals surface area contributed by atoms with Crippen molar-refractivity contribution in [2.45, 2.75) is 12.8 Å². The first-order valence-electron chi connectivity index (χ1n) is 5.23. The maximum atomic E-state index is 12.0. The topological polar surface area (TPSA) is 57.6 Å². The smallest absolute Gasteiger partial charge is 0.308 e. The van der Waals surface area contributed by atoms with Gasteiger partial charge in [-0.25, -0.2) is 0 Å². The Morgan fingerprint density at radius 2 is 2.31 bits per heavy atom. The van der Waals surface area contributed by atoms with E-state index in [9.17, 15) is 9.59 Å². The van der Waals surface area contributed by atoms with Crippen LogP contribution in [0.4, 0.5) is 0 Å². The van der Waals surface area contributed by atoms with Crippen LogP contribution in [0.5, 0.6) is 0 Å². The van der Waals surface area contributed by atoms with Gasteiger partial charge in [0.2, 0.25) is 0 Å². The van der Waals surface area contributed by atoms with Gasteiger partial charge in [-0.1, -0.05) is 0 Å². The van der Waals surface area contributed by atoms with Crippen LogP contribution in [0.15, 0.2) is 16.8 Å². The second-order valence-electron chi connectivity index (χ2n) is 3.94. The van der Waals surface area contributed by atoms with E-state index in [2.05, 4.69) is 0 Å². The lowest BCUT2D eigenvalue weighted by atomic mass is 9.98. The van der Waals surface area contributed by atoms with Crippen molar-refractivity contribution >= 4 is 23.2 Å². The fourth-order valence-corrected chi connectivity index (χ4v) is 2.56. The predicted molar refractivity (Wildman–Crippen MR) is 60.6 cm³/mol. The molecule has 0 aromatic carbocycles. The number of likely N-dealkylation sites (tertiary alicyclic amines) is 1. The normalized spacial score (nSPS) is 20.8. The number of rotatable bonds is 2. The Balaban J connectivity index is 2.05. The summed E-state index contributed by atoms with van der Waals surface area (Å²) in [5.74, 6) is -1.26. The molecular formula is C11H13NO3S. The SMILES string of the molecule is O=C(O)[C@H]1CCCN(C(=O)c2ccsc2)C1. The van der Waals surface area contributed by atoms with Crippen molar-refractivity contribution in [1.29, 1.82) is 0 Å². The average Bonchev–Trinajstić information content (AvgIpc) is 2.81. The van der Waals surface area contributed by atoms with Crippen LogP contribution in [0.2, 0.25) is 0 Å². The molecule has 5 heteroatoms. The van der Waals surface area contributed by atoms with Crippen molar-refractivity contribution < 1.29 is 14.7 Å². The summed E-state index contributed by atoms with van der Waals surface area (Å²) < 4.78 is 0. The molecule has 16 heavy (non-hydrogen) atoms. The first-order valence-corrected chi connectivity index (χ1v) is 6.17. The molecule has 0 unspecified atom stereocenters. The van der Waals surface area contributed by atoms with Crippen LogP contribution < -0.4 is 0 Å². The molecule has 1 N–H and O–H groups in total. The molecule has 1 fully saturated rings. The Morgan fingerprint density at radius 3 is 2.94 bits per heavy atom. The van der Waals surface area contributed by atoms with Crippen molar-refractivity contribution in [2.24, 2.45) is 5.92 Å². The Hall–Kier alpha value is -1.36. The lowest BCUT2D eigenvalue weighted by Crippen LogP contribution is -2.42. The van der Waals surface area contributed by atoms with E-state index in [1.165, 1.54) is 11.3 Å². The number of aliphatic carboxylic acids is 1. The van der Waals surface area contributed by atoms with Gasteiger partial charge >= 0.3 is 5.97 Å². The fraction of sp³-hybridized carbons (Fsp3) is 0.455. The molecule has 0 aliphatic carbocycles. The van der Waals surface area contributed by atoms with Crippen LogP contribution in [0.3, 0.4) is 0 Å². The van der Waals surface area contributed by atoms with E-state index in [4.69, 9.17) is 5.11 Å². The lowest BCUT2D eigenvalue weighted by molar-refractivity contribution is -0.143. The highest BCUT2D eigenvalue weighted by atomic mass is 32.1. The summed E-state index contributed by atoms with van der Waals surface area (Å²) in [6.07, 6.45) is 1.44. The zero-order valence-electron chi connectivity index (χ0n) is 8.76. The number of nitrogens with zero attached hydrogens (tertiary/aromatic N) is 1. The Kier molecular flexibility index (Phi) is 3.24. The summed E-state index contributed by atoms with van der Waals surface area (Å²) >= 11 is 1.48. The fourth-order valence-electron chi connectivity index (χ4n) is 1.93. The van der Waals surface area contributed by atoms with Gasteiger partial charge in [0, 0.05) is 18.5 Å². The predicted octanol–water partition coefficient (Wildman–Crippen LogP) is 1.68. The minimum absolute atomic E-state index is 0.0489. The zero-order valence-corrected chi connectivity index (χ0v) is 9.57. The van der Waals surface area contributed by atoms with Crippen molar-refractivity contribution in [3.05, 3.63) is 22.4 Å². The number of carbonyl (C=O) groups excluding carboxylic acids is 1. The molecule has 0 radical (unpaired) electrons. The largest absolute Gasteiger partial charge is 0.481 e. The average molecular weight is 239 g/mol. The molecule has 1 aliphatic rings. The summed E-state index contributed by atoms with van der Waals surface area (Å²) in [6, 6.07) is 1.78. The van der Waals surface area contributed by atoms with Gasteiger partial charge in [0.1, 0.15) is 0 Å². The van der Waals surface area contributed by atoms with Crippen molar-refractivity contribution in [2.75, 3.05) is 13.1 Å². The lowest BCUT2D eigenvalue weighted by Gasteiger charge is -2.30. The second kappa shape index (κ2) is 4.65. The number of amides is 1. The summed E-state index contributed by atoms with van der Waals surface area (Å²) in [7, 11) is 0. The highest BCUT2D eigenvalue weighted by Gasteiger charge is 2.28. The van der Waals surface area contributed by atoms with Gasteiger partial charge in [-0.05, 0) is 24.3 Å². The highest BCUT2D eigenvalue weighted by Crippen LogP contribution is 2.19. The molecule has 1 aromatic heterocycles. The molecule has 2 heterocycles. The van der Waals surface area contributed by atoms with Gasteiger partial charge in [0.25, 0.3) is 5.91 Å². The van der Waals surface area contributed by atoms with Gasteiger partial charge < -0.3 is 10.0 Å². The Bertz CT molecular complexity index is 388. The number of carboxylic acids is 1. The van der Waals surface area contributed by atoms with E-state index in [0.29, 0.717) is 25.1 Å². The summed E-state index contributed by atoms with van der Waals surface area (Å²) in [6.45, 7) is 1.00. The zero-order chi connectivity index (χ0) is 11.5. The Labute approximate surface area is 97.5 Å². The quantitative estimate of drug-likeness (QED) is 0.854. The van der Waals surface area contributed by atoms with Crippen LogP contribution in [0.1, 0.15) is 23.2 Å². The van der Waals surface area contributed by atoms with E-state index < -0.39 is 11.9 Å². The van der Waals surface area contributed by atoms with Crippen LogP contribution in [-0.2, 0) is 4.79 Å². The third-order valence-electron chi connectivity index (χ3n) is 2.83. The molecule has 4 nitrogen and oxygen atoms in total. The van der Waals surface area contributed by atoms with Crippen LogP contribution in [0.25, 0.3) is 0 Å². The van der Waals surface area contributed by atoms with Gasteiger partial charge in [-0.15, -0.1) is 0 Å². The second-order valence-corrected chi connectivity index (χ2v) is 4.72. The molecule has 86 valence electrons. The highest BCUT2D eigenvalue weighted by molar-refractivity contribution is 7.08. The van der Waals surface area contributed by atoms with Gasteiger partial charge in [0.15, 0.2) is 0 Å². The first-order chi connectivity index (χ1) is 7.68. The number of carboxylic acid groups (broad SMARTS) is 1. The summed E-state index contributed by atoms with van der Waals surface area (Å²) in [5.41, 5.74) is 0.663. The van der Waals surface area contributed by atoms with Gasteiger partial charge in [-0.2, -0.15) is 11.3 Å². The third-order valence-corrected chi connectivity index (χ3v) is 3.51. The molecule has 1 amide bonds. The van der Waals surface area contributed by atoms with Gasteiger partial charge in [-0.3, -0.25) is 9.59 Å². The molecule has 1 aromatic rings. The molecule has 0 saturated carbocycles. The molecule has 0 bridgehead atoms. The van der Waals surface area contributed by atoms with E-state index in [1.807, 2.05) is 5.38 Å². The van der Waals surface area contributed by atoms with Crippen molar-refractivity contribution in [3.8, 4) is 0 Å². The summed E-state index contributed by atoms with van der Waals surface area (Å²) in [5, 5.41) is 12.6. The molecule has 1 saturated heterocycles. The molecule has 2 rings (SSSR count). The van der Waals surface area contributed by atoms with Crippen LogP contribution in [-0.4, -0.2) is 35.0 Å². The molecule has 1 aliphatic heterocycles. The van der Waals surface area contributed by atoms with Gasteiger partial charge in [0.05, 0.1) is 11.5 Å². The number of thiophene rings is 1. The maximum Gasteiger partial charge on any atom is 0.308 e. The Morgan fingerprint density at radius 1 is 1.50 bits per heavy atom. The van der Waals surface area contributed by atoms with Crippen molar-refractivity contribution in [3.63, 3.8) is 0 Å². The number of hydrogen-bond donors (Lipinski definition) is 1. The number of hydrogen-bond acceptors (Lipinski definition) is 3. The maximum absolute atomic E-state index is 12.0. The van der Waals surface area contributed by atoms with Crippen LogP contribution in [0, 0.1) is 5.92 Å². The minimum Gasteiger partial charge on any atom is -0.481 e. The number of piperidine rings is 1. The third kappa shape index (κ3) is 2.24. The molecule has 1 atom stereocenters. The monoisotopic (exact) mass is 239 g/mol. The molecular weight excluding hydrogens is 226 g/mol. The van der Waals surface area contributed by atoms with E-state index >= 15 is 0 Å². The van der Waals surface area contributed by atoms with Crippen molar-refractivity contribution in [1.82, 2.24) is 4.90 Å². The van der Waals surface area contributed by atoms with E-state index in [-0.39, 0.29) is 5.91 Å².